The van der Waals surface area contributed by atoms with Crippen LogP contribution in [0.4, 0.5) is 0 Å². The van der Waals surface area contributed by atoms with E-state index in [1.165, 1.54) is 10.6 Å². The zero-order chi connectivity index (χ0) is 15.9. The lowest BCUT2D eigenvalue weighted by Crippen LogP contribution is -2.19. The first kappa shape index (κ1) is 16.3. The van der Waals surface area contributed by atoms with E-state index in [4.69, 9.17) is 0 Å². The highest BCUT2D eigenvalue weighted by Gasteiger charge is 2.18. The molecule has 0 spiro atoms. The third-order valence-electron chi connectivity index (χ3n) is 3.64. The van der Waals surface area contributed by atoms with Crippen molar-refractivity contribution in [3.05, 3.63) is 91.0 Å². The summed E-state index contributed by atoms with van der Waals surface area (Å²) in [5.74, 6) is 0.694. The first-order valence-corrected chi connectivity index (χ1v) is 10.5. The predicted molar refractivity (Wildman–Crippen MR) is 102 cm³/mol. The van der Waals surface area contributed by atoms with Crippen LogP contribution >= 0.6 is 7.92 Å². The van der Waals surface area contributed by atoms with E-state index in [-0.39, 0.29) is 0 Å². The molecule has 3 rings (SSSR count). The Bertz CT molecular complexity index is 664. The Kier molecular flexibility index (Phi) is 5.87. The highest BCUT2D eigenvalue weighted by atomic mass is 32.2. The van der Waals surface area contributed by atoms with Crippen molar-refractivity contribution in [2.45, 2.75) is 4.90 Å². The van der Waals surface area contributed by atoms with E-state index >= 15 is 0 Å². The smallest absolute Gasteiger partial charge is 0.152 e. The molecule has 0 radical (unpaired) electrons. The molecule has 0 bridgehead atoms. The summed E-state index contributed by atoms with van der Waals surface area (Å²) in [6.07, 6.45) is 0.935. The molecule has 0 aliphatic rings. The minimum absolute atomic E-state index is 0.467. The maximum absolute atomic E-state index is 12.5. The maximum Gasteiger partial charge on any atom is 0.152 e. The molecule has 0 amide bonds. The summed E-state index contributed by atoms with van der Waals surface area (Å²) >= 11 is -0.935. The molecule has 0 N–H and O–H groups in total. The van der Waals surface area contributed by atoms with Gasteiger partial charge in [0.1, 0.15) is 5.75 Å². The van der Waals surface area contributed by atoms with Crippen molar-refractivity contribution in [3.63, 3.8) is 0 Å². The van der Waals surface area contributed by atoms with Crippen LogP contribution < -0.4 is 10.6 Å². The van der Waals surface area contributed by atoms with Crippen molar-refractivity contribution in [2.24, 2.45) is 0 Å². The third-order valence-corrected chi connectivity index (χ3v) is 7.83. The Hall–Kier alpha value is -1.60. The van der Waals surface area contributed by atoms with E-state index in [1.807, 2.05) is 42.5 Å². The van der Waals surface area contributed by atoms with Crippen molar-refractivity contribution in [3.8, 4) is 0 Å². The van der Waals surface area contributed by atoms with Crippen molar-refractivity contribution < 1.29 is 4.55 Å². The zero-order valence-corrected chi connectivity index (χ0v) is 14.5. The molecule has 1 unspecified atom stereocenters. The first-order valence-electron chi connectivity index (χ1n) is 7.65. The second-order valence-corrected chi connectivity index (χ2v) is 9.09. The molecule has 3 aromatic carbocycles. The van der Waals surface area contributed by atoms with E-state index in [1.54, 1.807) is 0 Å². The Morgan fingerprint density at radius 3 is 1.57 bits per heavy atom. The van der Waals surface area contributed by atoms with Crippen molar-refractivity contribution >= 4 is 29.7 Å². The summed E-state index contributed by atoms with van der Waals surface area (Å²) < 4.78 is 12.5. The average Bonchev–Trinajstić information content (AvgIpc) is 2.64. The third kappa shape index (κ3) is 4.45. The van der Waals surface area contributed by atoms with Crippen molar-refractivity contribution in [2.75, 3.05) is 11.9 Å². The Morgan fingerprint density at radius 1 is 0.652 bits per heavy atom. The van der Waals surface area contributed by atoms with Crippen LogP contribution in [0.1, 0.15) is 0 Å². The Morgan fingerprint density at radius 2 is 1.09 bits per heavy atom. The number of hydrogen-bond donors (Lipinski definition) is 0. The number of hydrogen-bond acceptors (Lipinski definition) is 1. The van der Waals surface area contributed by atoms with Gasteiger partial charge >= 0.3 is 0 Å². The quantitative estimate of drug-likeness (QED) is 0.493. The van der Waals surface area contributed by atoms with Gasteiger partial charge in [-0.25, -0.2) is 0 Å². The number of benzene rings is 3. The van der Waals surface area contributed by atoms with Gasteiger partial charge in [0.2, 0.25) is 0 Å². The molecule has 1 atom stereocenters. The van der Waals surface area contributed by atoms with Gasteiger partial charge in [0.15, 0.2) is 4.90 Å². The normalized spacial score (nSPS) is 12.3. The van der Waals surface area contributed by atoms with Crippen LogP contribution in [0.2, 0.25) is 0 Å². The topological polar surface area (TPSA) is 23.1 Å². The van der Waals surface area contributed by atoms with E-state index < -0.39 is 19.1 Å². The van der Waals surface area contributed by atoms with Gasteiger partial charge in [-0.05, 0) is 41.8 Å². The lowest BCUT2D eigenvalue weighted by Gasteiger charge is -2.19. The summed E-state index contributed by atoms with van der Waals surface area (Å²) in [6, 6.07) is 30.9. The molecule has 1 nitrogen and oxygen atoms in total. The van der Waals surface area contributed by atoms with Gasteiger partial charge in [-0.3, -0.25) is 0 Å². The summed E-state index contributed by atoms with van der Waals surface area (Å²) in [5.41, 5.74) is 0. The zero-order valence-electron chi connectivity index (χ0n) is 12.8. The van der Waals surface area contributed by atoms with Crippen LogP contribution in [-0.4, -0.2) is 16.5 Å². The van der Waals surface area contributed by atoms with Crippen molar-refractivity contribution in [1.82, 2.24) is 0 Å². The van der Waals surface area contributed by atoms with Crippen LogP contribution in [-0.2, 0) is 11.2 Å². The molecule has 0 aromatic heterocycles. The number of rotatable bonds is 6. The SMILES string of the molecule is [O-][S+](CCP(c1ccccc1)c1ccccc1)c1ccccc1. The van der Waals surface area contributed by atoms with Crippen LogP contribution in [0.3, 0.4) is 0 Å². The molecule has 0 aliphatic carbocycles. The van der Waals surface area contributed by atoms with E-state index in [0.29, 0.717) is 5.75 Å². The molecular formula is C20H19OPS. The summed E-state index contributed by atoms with van der Waals surface area (Å²) in [4.78, 5) is 0.920. The fourth-order valence-electron chi connectivity index (χ4n) is 2.49. The van der Waals surface area contributed by atoms with Gasteiger partial charge in [-0.15, -0.1) is 0 Å². The largest absolute Gasteiger partial charge is 0.611 e. The lowest BCUT2D eigenvalue weighted by molar-refractivity contribution is 0.596. The van der Waals surface area contributed by atoms with Gasteiger partial charge in [-0.2, -0.15) is 0 Å². The molecule has 0 saturated heterocycles. The van der Waals surface area contributed by atoms with Crippen LogP contribution in [0.15, 0.2) is 95.9 Å². The fraction of sp³-hybridized carbons (Fsp3) is 0.100. The minimum atomic E-state index is -0.935. The average molecular weight is 338 g/mol. The Balaban J connectivity index is 1.77. The van der Waals surface area contributed by atoms with Gasteiger partial charge in [0.05, 0.1) is 0 Å². The van der Waals surface area contributed by atoms with Crippen LogP contribution in [0.5, 0.6) is 0 Å². The molecular weight excluding hydrogens is 319 g/mol. The predicted octanol–water partition coefficient (Wildman–Crippen LogP) is 3.93. The molecule has 3 aromatic rings. The summed E-state index contributed by atoms with van der Waals surface area (Å²) in [6.45, 7) is 0. The Labute approximate surface area is 142 Å². The molecule has 0 heterocycles. The fourth-order valence-corrected chi connectivity index (χ4v) is 6.46. The molecule has 116 valence electrons. The molecule has 3 heteroatoms. The summed E-state index contributed by atoms with van der Waals surface area (Å²) in [7, 11) is -0.467. The van der Waals surface area contributed by atoms with Crippen LogP contribution in [0, 0.1) is 0 Å². The second-order valence-electron chi connectivity index (χ2n) is 5.19. The molecule has 0 fully saturated rings. The summed E-state index contributed by atoms with van der Waals surface area (Å²) in [5, 5.41) is 2.69. The second kappa shape index (κ2) is 8.31. The van der Waals surface area contributed by atoms with Gasteiger partial charge < -0.3 is 4.55 Å². The van der Waals surface area contributed by atoms with E-state index in [9.17, 15) is 4.55 Å². The highest BCUT2D eigenvalue weighted by Crippen LogP contribution is 2.34. The highest BCUT2D eigenvalue weighted by molar-refractivity contribution is 7.92. The van der Waals surface area contributed by atoms with E-state index in [0.717, 1.165) is 11.1 Å². The standard InChI is InChI=1S/C20H19OPS/c21-23(20-14-8-3-9-15-20)17-16-22(18-10-4-1-5-11-18)19-12-6-2-7-13-19/h1-15H,16-17H2. The first-order chi connectivity index (χ1) is 11.3. The molecule has 0 saturated carbocycles. The van der Waals surface area contributed by atoms with E-state index in [2.05, 4.69) is 48.5 Å². The molecule has 0 aliphatic heterocycles. The molecule has 23 heavy (non-hydrogen) atoms. The monoisotopic (exact) mass is 338 g/mol. The minimum Gasteiger partial charge on any atom is -0.611 e. The van der Waals surface area contributed by atoms with Crippen molar-refractivity contribution in [1.29, 1.82) is 0 Å². The van der Waals surface area contributed by atoms with Gasteiger partial charge in [-0.1, -0.05) is 78.9 Å². The lowest BCUT2D eigenvalue weighted by atomic mass is 10.4. The van der Waals surface area contributed by atoms with Gasteiger partial charge in [0.25, 0.3) is 0 Å². The maximum atomic E-state index is 12.5. The van der Waals surface area contributed by atoms with Crippen LogP contribution in [0.25, 0.3) is 0 Å². The van der Waals surface area contributed by atoms with Gasteiger partial charge in [0, 0.05) is 6.16 Å².